The number of aromatic nitrogens is 2. The van der Waals surface area contributed by atoms with Crippen molar-refractivity contribution in [2.24, 2.45) is 5.92 Å². The minimum atomic E-state index is -0.0211. The number of hydrogen-bond acceptors (Lipinski definition) is 4. The van der Waals surface area contributed by atoms with Gasteiger partial charge in [0, 0.05) is 32.5 Å². The van der Waals surface area contributed by atoms with Crippen molar-refractivity contribution >= 4 is 11.9 Å². The van der Waals surface area contributed by atoms with Crippen LogP contribution in [0.25, 0.3) is 0 Å². The van der Waals surface area contributed by atoms with E-state index in [4.69, 9.17) is 0 Å². The first kappa shape index (κ1) is 16.4. The summed E-state index contributed by atoms with van der Waals surface area (Å²) < 4.78 is 0. The molecule has 5 nitrogen and oxygen atoms in total. The number of carbonyl (C=O) groups excluding carboxylic acids is 1. The first-order valence-electron chi connectivity index (χ1n) is 7.36. The van der Waals surface area contributed by atoms with Gasteiger partial charge in [-0.2, -0.15) is 0 Å². The van der Waals surface area contributed by atoms with Crippen LogP contribution in [0.4, 0.5) is 5.95 Å². The zero-order valence-electron chi connectivity index (χ0n) is 13.0. The van der Waals surface area contributed by atoms with E-state index in [2.05, 4.69) is 36.1 Å². The SMILES string of the molecule is CCCCN(C)C(=O)c1cnc(NCCC(C)C)nc1. The van der Waals surface area contributed by atoms with Gasteiger partial charge in [-0.15, -0.1) is 0 Å². The van der Waals surface area contributed by atoms with Gasteiger partial charge < -0.3 is 10.2 Å². The van der Waals surface area contributed by atoms with Gasteiger partial charge in [-0.05, 0) is 18.8 Å². The molecular weight excluding hydrogens is 252 g/mol. The molecule has 20 heavy (non-hydrogen) atoms. The number of amides is 1. The Morgan fingerprint density at radius 1 is 1.35 bits per heavy atom. The molecule has 0 aliphatic carbocycles. The summed E-state index contributed by atoms with van der Waals surface area (Å²) in [6.45, 7) is 8.08. The first-order chi connectivity index (χ1) is 9.54. The topological polar surface area (TPSA) is 58.1 Å². The highest BCUT2D eigenvalue weighted by Gasteiger charge is 2.12. The van der Waals surface area contributed by atoms with E-state index in [1.165, 1.54) is 0 Å². The third-order valence-electron chi connectivity index (χ3n) is 3.10. The summed E-state index contributed by atoms with van der Waals surface area (Å²) in [4.78, 5) is 22.2. The van der Waals surface area contributed by atoms with Crippen molar-refractivity contribution in [2.75, 3.05) is 25.5 Å². The minimum absolute atomic E-state index is 0.0211. The Morgan fingerprint density at radius 3 is 2.55 bits per heavy atom. The van der Waals surface area contributed by atoms with Gasteiger partial charge in [0.15, 0.2) is 0 Å². The van der Waals surface area contributed by atoms with Crippen LogP contribution in [0.3, 0.4) is 0 Å². The fraction of sp³-hybridized carbons (Fsp3) is 0.667. The van der Waals surface area contributed by atoms with Crippen LogP contribution in [0.2, 0.25) is 0 Å². The highest BCUT2D eigenvalue weighted by molar-refractivity contribution is 5.93. The Kier molecular flexibility index (Phi) is 6.98. The number of unbranched alkanes of at least 4 members (excludes halogenated alkanes) is 1. The number of nitrogens with zero attached hydrogens (tertiary/aromatic N) is 3. The van der Waals surface area contributed by atoms with Gasteiger partial charge in [0.05, 0.1) is 5.56 Å². The van der Waals surface area contributed by atoms with E-state index >= 15 is 0 Å². The van der Waals surface area contributed by atoms with Crippen LogP contribution < -0.4 is 5.32 Å². The van der Waals surface area contributed by atoms with Crippen molar-refractivity contribution in [3.05, 3.63) is 18.0 Å². The summed E-state index contributed by atoms with van der Waals surface area (Å²) in [6, 6.07) is 0. The zero-order chi connectivity index (χ0) is 15.0. The average Bonchev–Trinajstić information content (AvgIpc) is 2.44. The van der Waals surface area contributed by atoms with Gasteiger partial charge in [0.1, 0.15) is 0 Å². The van der Waals surface area contributed by atoms with E-state index in [-0.39, 0.29) is 5.91 Å². The molecule has 0 saturated heterocycles. The van der Waals surface area contributed by atoms with E-state index in [1.807, 2.05) is 7.05 Å². The van der Waals surface area contributed by atoms with Gasteiger partial charge in [-0.3, -0.25) is 4.79 Å². The maximum Gasteiger partial charge on any atom is 0.256 e. The first-order valence-corrected chi connectivity index (χ1v) is 7.36. The third kappa shape index (κ3) is 5.55. The van der Waals surface area contributed by atoms with Crippen LogP contribution >= 0.6 is 0 Å². The summed E-state index contributed by atoms with van der Waals surface area (Å²) in [5, 5.41) is 3.16. The summed E-state index contributed by atoms with van der Waals surface area (Å²) in [7, 11) is 1.81. The van der Waals surface area contributed by atoms with Gasteiger partial charge >= 0.3 is 0 Å². The highest BCUT2D eigenvalue weighted by atomic mass is 16.2. The second-order valence-electron chi connectivity index (χ2n) is 5.48. The molecule has 1 N–H and O–H groups in total. The smallest absolute Gasteiger partial charge is 0.256 e. The lowest BCUT2D eigenvalue weighted by molar-refractivity contribution is 0.0792. The molecule has 0 aliphatic rings. The fourth-order valence-corrected chi connectivity index (χ4v) is 1.72. The molecule has 1 aromatic heterocycles. The van der Waals surface area contributed by atoms with E-state index in [9.17, 15) is 4.79 Å². The number of carbonyl (C=O) groups is 1. The molecule has 0 atom stereocenters. The van der Waals surface area contributed by atoms with Crippen molar-refractivity contribution < 1.29 is 4.79 Å². The molecule has 0 saturated carbocycles. The maximum absolute atomic E-state index is 12.1. The van der Waals surface area contributed by atoms with Crippen molar-refractivity contribution in [3.8, 4) is 0 Å². The lowest BCUT2D eigenvalue weighted by Crippen LogP contribution is -2.28. The molecule has 0 aliphatic heterocycles. The molecule has 0 radical (unpaired) electrons. The zero-order valence-corrected chi connectivity index (χ0v) is 13.0. The van der Waals surface area contributed by atoms with Crippen molar-refractivity contribution in [1.29, 1.82) is 0 Å². The van der Waals surface area contributed by atoms with Crippen LogP contribution in [-0.4, -0.2) is 40.9 Å². The Hall–Kier alpha value is -1.65. The van der Waals surface area contributed by atoms with Crippen molar-refractivity contribution in [2.45, 2.75) is 40.0 Å². The van der Waals surface area contributed by atoms with Gasteiger partial charge in [-0.25, -0.2) is 9.97 Å². The number of rotatable bonds is 8. The lowest BCUT2D eigenvalue weighted by Gasteiger charge is -2.16. The molecule has 0 bridgehead atoms. The molecule has 1 rings (SSSR count). The van der Waals surface area contributed by atoms with E-state index in [0.717, 1.165) is 32.4 Å². The lowest BCUT2D eigenvalue weighted by atomic mass is 10.1. The number of hydrogen-bond donors (Lipinski definition) is 1. The Morgan fingerprint density at radius 2 is 2.00 bits per heavy atom. The van der Waals surface area contributed by atoms with Crippen molar-refractivity contribution in [3.63, 3.8) is 0 Å². The predicted molar refractivity (Wildman–Crippen MR) is 81.8 cm³/mol. The molecule has 0 aromatic carbocycles. The summed E-state index contributed by atoms with van der Waals surface area (Å²) in [5.41, 5.74) is 0.540. The summed E-state index contributed by atoms with van der Waals surface area (Å²) in [5.74, 6) is 1.21. The van der Waals surface area contributed by atoms with Crippen LogP contribution in [0.15, 0.2) is 12.4 Å². The molecule has 1 aromatic rings. The average molecular weight is 278 g/mol. The molecule has 112 valence electrons. The van der Waals surface area contributed by atoms with E-state index in [1.54, 1.807) is 17.3 Å². The van der Waals surface area contributed by atoms with Crippen LogP contribution in [0.1, 0.15) is 50.4 Å². The normalized spacial score (nSPS) is 10.7. The predicted octanol–water partition coefficient (Wildman–Crippen LogP) is 2.81. The second kappa shape index (κ2) is 8.51. The molecule has 5 heteroatoms. The standard InChI is InChI=1S/C15H26N4O/c1-5-6-9-19(4)14(20)13-10-17-15(18-11-13)16-8-7-12(2)3/h10-12H,5-9H2,1-4H3,(H,16,17,18). The molecule has 0 unspecified atom stereocenters. The number of anilines is 1. The van der Waals surface area contributed by atoms with Crippen LogP contribution in [0, 0.1) is 5.92 Å². The molecule has 0 fully saturated rings. The second-order valence-corrected chi connectivity index (χ2v) is 5.48. The largest absolute Gasteiger partial charge is 0.354 e. The van der Waals surface area contributed by atoms with Crippen LogP contribution in [-0.2, 0) is 0 Å². The number of nitrogens with one attached hydrogen (secondary N) is 1. The minimum Gasteiger partial charge on any atom is -0.354 e. The van der Waals surface area contributed by atoms with Crippen molar-refractivity contribution in [1.82, 2.24) is 14.9 Å². The molecule has 1 heterocycles. The molecule has 1 amide bonds. The van der Waals surface area contributed by atoms with Gasteiger partial charge in [0.2, 0.25) is 5.95 Å². The summed E-state index contributed by atoms with van der Waals surface area (Å²) in [6.07, 6.45) is 6.35. The van der Waals surface area contributed by atoms with Gasteiger partial charge in [-0.1, -0.05) is 27.2 Å². The Bertz CT molecular complexity index is 403. The van der Waals surface area contributed by atoms with E-state index < -0.39 is 0 Å². The fourth-order valence-electron chi connectivity index (χ4n) is 1.72. The van der Waals surface area contributed by atoms with E-state index in [0.29, 0.717) is 17.4 Å². The Labute approximate surface area is 121 Å². The van der Waals surface area contributed by atoms with Gasteiger partial charge in [0.25, 0.3) is 5.91 Å². The molecule has 0 spiro atoms. The molecular formula is C15H26N4O. The quantitative estimate of drug-likeness (QED) is 0.794. The third-order valence-corrected chi connectivity index (χ3v) is 3.10. The summed E-state index contributed by atoms with van der Waals surface area (Å²) >= 11 is 0. The monoisotopic (exact) mass is 278 g/mol. The maximum atomic E-state index is 12.1. The van der Waals surface area contributed by atoms with Crippen LogP contribution in [0.5, 0.6) is 0 Å². The highest BCUT2D eigenvalue weighted by Crippen LogP contribution is 2.06. The Balaban J connectivity index is 2.50.